The minimum Gasteiger partial charge on any atom is -0.362 e. The third-order valence-corrected chi connectivity index (χ3v) is 5.80. The number of carbonyl (C=O) groups excluding carboxylic acids is 1. The predicted molar refractivity (Wildman–Crippen MR) is 125 cm³/mol. The van der Waals surface area contributed by atoms with Crippen molar-refractivity contribution in [3.8, 4) is 11.1 Å². The van der Waals surface area contributed by atoms with Crippen LogP contribution in [0.4, 0.5) is 0 Å². The van der Waals surface area contributed by atoms with Crippen molar-refractivity contribution in [2.24, 2.45) is 0 Å². The van der Waals surface area contributed by atoms with Gasteiger partial charge in [0, 0.05) is 58.2 Å². The fourth-order valence-electron chi connectivity index (χ4n) is 4.35. The topological polar surface area (TPSA) is 58.6 Å². The summed E-state index contributed by atoms with van der Waals surface area (Å²) in [6, 6.07) is 18.3. The molecule has 6 heteroatoms. The number of benzene rings is 1. The summed E-state index contributed by atoms with van der Waals surface area (Å²) in [5, 5.41) is 0. The van der Waals surface area contributed by atoms with Gasteiger partial charge in [0.1, 0.15) is 0 Å². The molecule has 1 saturated heterocycles. The number of likely N-dealkylation sites (N-methyl/N-ethyl adjacent to an activating group) is 1. The van der Waals surface area contributed by atoms with Gasteiger partial charge in [-0.05, 0) is 41.8 Å². The minimum absolute atomic E-state index is 0.00816. The number of hydrogen-bond acceptors (Lipinski definition) is 5. The van der Waals surface area contributed by atoms with Crippen LogP contribution in [0.3, 0.4) is 0 Å². The Labute approximate surface area is 189 Å². The van der Waals surface area contributed by atoms with E-state index in [4.69, 9.17) is 4.74 Å². The fraction of sp³-hybridized carbons (Fsp3) is 0.346. The van der Waals surface area contributed by atoms with Gasteiger partial charge < -0.3 is 9.64 Å². The lowest BCUT2D eigenvalue weighted by Gasteiger charge is -2.43. The highest BCUT2D eigenvalue weighted by atomic mass is 16.5. The van der Waals surface area contributed by atoms with Crippen LogP contribution in [0.15, 0.2) is 67.0 Å². The molecule has 0 bridgehead atoms. The van der Waals surface area contributed by atoms with E-state index in [0.29, 0.717) is 26.1 Å². The second-order valence-corrected chi connectivity index (χ2v) is 8.64. The molecule has 3 aromatic rings. The van der Waals surface area contributed by atoms with Crippen molar-refractivity contribution in [2.45, 2.75) is 25.5 Å². The summed E-state index contributed by atoms with van der Waals surface area (Å²) < 4.78 is 6.26. The van der Waals surface area contributed by atoms with Crippen LogP contribution in [-0.4, -0.2) is 65.1 Å². The molecule has 1 aromatic carbocycles. The third kappa shape index (κ3) is 5.03. The van der Waals surface area contributed by atoms with E-state index >= 15 is 0 Å². The Bertz CT molecular complexity index is 1070. The lowest BCUT2D eigenvalue weighted by atomic mass is 9.89. The molecule has 1 atom stereocenters. The predicted octanol–water partition coefficient (Wildman–Crippen LogP) is 3.35. The number of nitrogens with zero attached hydrogens (tertiary/aromatic N) is 4. The number of amides is 1. The van der Waals surface area contributed by atoms with Gasteiger partial charge in [0.2, 0.25) is 0 Å². The first-order valence-electron chi connectivity index (χ1n) is 11.0. The van der Waals surface area contributed by atoms with Gasteiger partial charge in [-0.2, -0.15) is 0 Å². The molecule has 3 heterocycles. The van der Waals surface area contributed by atoms with Gasteiger partial charge >= 0.3 is 0 Å². The molecule has 1 amide bonds. The Hall–Kier alpha value is -3.09. The van der Waals surface area contributed by atoms with Crippen LogP contribution in [0, 0.1) is 6.92 Å². The first kappa shape index (κ1) is 22.1. The standard InChI is InChI=1S/C26H30N4O2/c1-20-7-4-11-24(28-20)18-30-13-14-32-26(19-30,25(31)29(2)3)16-21-8-5-9-22(15-21)23-10-6-12-27-17-23/h4-12,15,17H,13-14,16,18-19H2,1-3H3/t26-/m1/s1. The number of rotatable bonds is 6. The average Bonchev–Trinajstić information content (AvgIpc) is 2.79. The zero-order valence-electron chi connectivity index (χ0n) is 19.0. The number of aryl methyl sites for hydroxylation is 1. The van der Waals surface area contributed by atoms with Crippen LogP contribution < -0.4 is 0 Å². The molecule has 0 aliphatic carbocycles. The van der Waals surface area contributed by atoms with E-state index in [9.17, 15) is 4.79 Å². The van der Waals surface area contributed by atoms with E-state index in [2.05, 4.69) is 33.1 Å². The van der Waals surface area contributed by atoms with E-state index in [0.717, 1.165) is 34.6 Å². The van der Waals surface area contributed by atoms with Crippen molar-refractivity contribution in [1.82, 2.24) is 19.8 Å². The molecule has 0 N–H and O–H groups in total. The molecule has 2 aromatic heterocycles. The Morgan fingerprint density at radius 1 is 1.12 bits per heavy atom. The summed E-state index contributed by atoms with van der Waals surface area (Å²) in [7, 11) is 3.58. The zero-order chi connectivity index (χ0) is 22.6. The monoisotopic (exact) mass is 430 g/mol. The normalized spacial score (nSPS) is 19.0. The van der Waals surface area contributed by atoms with E-state index in [1.807, 2.05) is 49.5 Å². The summed E-state index contributed by atoms with van der Waals surface area (Å²) in [5.41, 5.74) is 4.28. The first-order valence-corrected chi connectivity index (χ1v) is 11.0. The van der Waals surface area contributed by atoms with Crippen LogP contribution in [0.25, 0.3) is 11.1 Å². The maximum absolute atomic E-state index is 13.4. The smallest absolute Gasteiger partial charge is 0.255 e. The lowest BCUT2D eigenvalue weighted by Crippen LogP contribution is -2.60. The van der Waals surface area contributed by atoms with Gasteiger partial charge in [-0.25, -0.2) is 0 Å². The summed E-state index contributed by atoms with van der Waals surface area (Å²) in [6.07, 6.45) is 4.13. The molecule has 1 fully saturated rings. The van der Waals surface area contributed by atoms with Gasteiger partial charge in [0.05, 0.1) is 12.3 Å². The highest BCUT2D eigenvalue weighted by molar-refractivity contribution is 5.86. The Kier molecular flexibility index (Phi) is 6.63. The number of carbonyl (C=O) groups is 1. The molecular formula is C26H30N4O2. The van der Waals surface area contributed by atoms with Crippen molar-refractivity contribution < 1.29 is 9.53 Å². The fourth-order valence-corrected chi connectivity index (χ4v) is 4.35. The Morgan fingerprint density at radius 2 is 1.94 bits per heavy atom. The zero-order valence-corrected chi connectivity index (χ0v) is 19.0. The van der Waals surface area contributed by atoms with Crippen LogP contribution in [0.2, 0.25) is 0 Å². The van der Waals surface area contributed by atoms with Crippen LogP contribution in [0.1, 0.15) is 17.0 Å². The number of morpholine rings is 1. The van der Waals surface area contributed by atoms with Gasteiger partial charge in [0.25, 0.3) is 5.91 Å². The summed E-state index contributed by atoms with van der Waals surface area (Å²) in [5.74, 6) is -0.00816. The highest BCUT2D eigenvalue weighted by Gasteiger charge is 2.44. The molecule has 166 valence electrons. The molecule has 0 spiro atoms. The SMILES string of the molecule is Cc1cccc(CN2CCO[C@@](Cc3cccc(-c4cccnc4)c3)(C(=O)N(C)C)C2)n1. The third-order valence-electron chi connectivity index (χ3n) is 5.80. The van der Waals surface area contributed by atoms with E-state index in [1.54, 1.807) is 25.2 Å². The van der Waals surface area contributed by atoms with Crippen molar-refractivity contribution >= 4 is 5.91 Å². The molecule has 32 heavy (non-hydrogen) atoms. The summed E-state index contributed by atoms with van der Waals surface area (Å²) >= 11 is 0. The number of aromatic nitrogens is 2. The number of ether oxygens (including phenoxy) is 1. The largest absolute Gasteiger partial charge is 0.362 e. The van der Waals surface area contributed by atoms with E-state index < -0.39 is 5.60 Å². The Morgan fingerprint density at radius 3 is 2.69 bits per heavy atom. The Balaban J connectivity index is 1.60. The minimum atomic E-state index is -0.931. The molecule has 4 rings (SSSR count). The van der Waals surface area contributed by atoms with Gasteiger partial charge in [0.15, 0.2) is 5.60 Å². The summed E-state index contributed by atoms with van der Waals surface area (Å²) in [4.78, 5) is 26.2. The van der Waals surface area contributed by atoms with Crippen molar-refractivity contribution in [3.05, 3.63) is 83.9 Å². The molecular weight excluding hydrogens is 400 g/mol. The second-order valence-electron chi connectivity index (χ2n) is 8.64. The van der Waals surface area contributed by atoms with Crippen molar-refractivity contribution in [2.75, 3.05) is 33.8 Å². The molecule has 0 saturated carbocycles. The maximum atomic E-state index is 13.4. The quantitative estimate of drug-likeness (QED) is 0.600. The molecule has 0 radical (unpaired) electrons. The van der Waals surface area contributed by atoms with Crippen LogP contribution >= 0.6 is 0 Å². The molecule has 1 aliphatic rings. The van der Waals surface area contributed by atoms with E-state index in [-0.39, 0.29) is 5.91 Å². The van der Waals surface area contributed by atoms with E-state index in [1.165, 1.54) is 0 Å². The average molecular weight is 431 g/mol. The second kappa shape index (κ2) is 9.59. The van der Waals surface area contributed by atoms with Gasteiger partial charge in [-0.1, -0.05) is 36.4 Å². The van der Waals surface area contributed by atoms with Gasteiger partial charge in [-0.3, -0.25) is 19.7 Å². The molecule has 6 nitrogen and oxygen atoms in total. The van der Waals surface area contributed by atoms with Crippen LogP contribution in [0.5, 0.6) is 0 Å². The maximum Gasteiger partial charge on any atom is 0.255 e. The number of pyridine rings is 2. The van der Waals surface area contributed by atoms with Gasteiger partial charge in [-0.15, -0.1) is 0 Å². The van der Waals surface area contributed by atoms with Crippen LogP contribution in [-0.2, 0) is 22.5 Å². The highest BCUT2D eigenvalue weighted by Crippen LogP contribution is 2.28. The number of hydrogen-bond donors (Lipinski definition) is 0. The lowest BCUT2D eigenvalue weighted by molar-refractivity contribution is -0.169. The van der Waals surface area contributed by atoms with Crippen molar-refractivity contribution in [3.63, 3.8) is 0 Å². The van der Waals surface area contributed by atoms with Crippen molar-refractivity contribution in [1.29, 1.82) is 0 Å². The molecule has 0 unspecified atom stereocenters. The first-order chi connectivity index (χ1) is 15.4. The summed E-state index contributed by atoms with van der Waals surface area (Å²) in [6.45, 7) is 4.50. The molecule has 1 aliphatic heterocycles.